The Labute approximate surface area is 171 Å². The minimum Gasteiger partial charge on any atom is -0.493 e. The number of rotatable bonds is 7. The van der Waals surface area contributed by atoms with Crippen molar-refractivity contribution in [3.05, 3.63) is 71.1 Å². The van der Waals surface area contributed by atoms with E-state index in [-0.39, 0.29) is 12.5 Å². The SMILES string of the molecule is CCCOc1ccccc1C1C=CC(c2c(C#N)cn(C)c2C(=O)OCC)=CC1. The maximum absolute atomic E-state index is 12.5. The van der Waals surface area contributed by atoms with Crippen molar-refractivity contribution < 1.29 is 14.3 Å². The number of esters is 1. The van der Waals surface area contributed by atoms with Crippen LogP contribution in [0.4, 0.5) is 0 Å². The molecule has 0 saturated heterocycles. The van der Waals surface area contributed by atoms with Gasteiger partial charge in [-0.2, -0.15) is 5.26 Å². The van der Waals surface area contributed by atoms with Crippen molar-refractivity contribution in [2.24, 2.45) is 7.05 Å². The lowest BCUT2D eigenvalue weighted by atomic mass is 9.87. The molecule has 0 amide bonds. The second-order valence-corrected chi connectivity index (χ2v) is 6.96. The standard InChI is InChI=1S/C24H26N2O3/c1-4-14-29-21-9-7-6-8-20(21)17-10-12-18(13-11-17)22-19(15-25)16-26(3)23(22)24(27)28-5-2/h6-10,12-13,16-17H,4-5,11,14H2,1-3H3. The monoisotopic (exact) mass is 390 g/mol. The number of ether oxygens (including phenoxy) is 2. The third-order valence-electron chi connectivity index (χ3n) is 4.94. The van der Waals surface area contributed by atoms with Crippen molar-refractivity contribution in [2.75, 3.05) is 13.2 Å². The molecular weight excluding hydrogens is 364 g/mol. The van der Waals surface area contributed by atoms with Gasteiger partial charge in [0.25, 0.3) is 0 Å². The second kappa shape index (κ2) is 9.29. The highest BCUT2D eigenvalue weighted by Crippen LogP contribution is 2.37. The van der Waals surface area contributed by atoms with Crippen molar-refractivity contribution in [3.8, 4) is 11.8 Å². The Morgan fingerprint density at radius 3 is 2.76 bits per heavy atom. The summed E-state index contributed by atoms with van der Waals surface area (Å²) in [6, 6.07) is 10.3. The van der Waals surface area contributed by atoms with E-state index >= 15 is 0 Å². The third-order valence-corrected chi connectivity index (χ3v) is 4.94. The van der Waals surface area contributed by atoms with Crippen molar-refractivity contribution in [2.45, 2.75) is 32.6 Å². The normalized spacial score (nSPS) is 15.5. The number of benzene rings is 1. The molecule has 1 heterocycles. The fraction of sp³-hybridized carbons (Fsp3) is 0.333. The summed E-state index contributed by atoms with van der Waals surface area (Å²) in [5.74, 6) is 0.679. The van der Waals surface area contributed by atoms with Crippen LogP contribution in [-0.2, 0) is 11.8 Å². The maximum atomic E-state index is 12.5. The van der Waals surface area contributed by atoms with E-state index in [2.05, 4.69) is 31.2 Å². The molecule has 5 heteroatoms. The van der Waals surface area contributed by atoms with Crippen LogP contribution < -0.4 is 4.74 Å². The van der Waals surface area contributed by atoms with Gasteiger partial charge < -0.3 is 14.0 Å². The molecule has 0 N–H and O–H groups in total. The molecule has 0 spiro atoms. The summed E-state index contributed by atoms with van der Waals surface area (Å²) in [5, 5.41) is 9.56. The average molecular weight is 390 g/mol. The van der Waals surface area contributed by atoms with Gasteiger partial charge in [-0.05, 0) is 31.4 Å². The molecule has 0 aliphatic heterocycles. The molecule has 0 fully saturated rings. The summed E-state index contributed by atoms with van der Waals surface area (Å²) >= 11 is 0. The van der Waals surface area contributed by atoms with Crippen LogP contribution in [0, 0.1) is 11.3 Å². The van der Waals surface area contributed by atoms with Crippen LogP contribution in [0.3, 0.4) is 0 Å². The fourth-order valence-electron chi connectivity index (χ4n) is 3.62. The van der Waals surface area contributed by atoms with Gasteiger partial charge in [0.05, 0.1) is 18.8 Å². The van der Waals surface area contributed by atoms with Crippen LogP contribution in [0.5, 0.6) is 5.75 Å². The lowest BCUT2D eigenvalue weighted by Crippen LogP contribution is -2.12. The highest BCUT2D eigenvalue weighted by molar-refractivity contribution is 5.97. The molecule has 1 aliphatic rings. The van der Waals surface area contributed by atoms with Gasteiger partial charge in [-0.3, -0.25) is 0 Å². The highest BCUT2D eigenvalue weighted by Gasteiger charge is 2.25. The van der Waals surface area contributed by atoms with E-state index in [1.165, 1.54) is 0 Å². The summed E-state index contributed by atoms with van der Waals surface area (Å²) in [7, 11) is 1.76. The predicted octanol–water partition coefficient (Wildman–Crippen LogP) is 4.99. The van der Waals surface area contributed by atoms with Gasteiger partial charge in [0.1, 0.15) is 17.5 Å². The number of hydrogen-bond donors (Lipinski definition) is 0. The van der Waals surface area contributed by atoms with Crippen LogP contribution in [0.2, 0.25) is 0 Å². The van der Waals surface area contributed by atoms with E-state index in [1.54, 1.807) is 24.7 Å². The zero-order valence-electron chi connectivity index (χ0n) is 17.1. The Morgan fingerprint density at radius 2 is 2.10 bits per heavy atom. The summed E-state index contributed by atoms with van der Waals surface area (Å²) in [6.45, 7) is 4.84. The Kier molecular flexibility index (Phi) is 6.56. The summed E-state index contributed by atoms with van der Waals surface area (Å²) in [5.41, 5.74) is 3.53. The molecule has 2 aromatic rings. The van der Waals surface area contributed by atoms with E-state index in [1.807, 2.05) is 24.3 Å². The first-order chi connectivity index (χ1) is 14.1. The molecule has 1 aromatic heterocycles. The number of aromatic nitrogens is 1. The molecular formula is C24H26N2O3. The van der Waals surface area contributed by atoms with Crippen molar-refractivity contribution in [3.63, 3.8) is 0 Å². The van der Waals surface area contributed by atoms with Crippen molar-refractivity contribution >= 4 is 11.5 Å². The van der Waals surface area contributed by atoms with Gasteiger partial charge in [0.15, 0.2) is 0 Å². The molecule has 1 unspecified atom stereocenters. The first-order valence-corrected chi connectivity index (χ1v) is 9.97. The van der Waals surface area contributed by atoms with Gasteiger partial charge in [0.2, 0.25) is 0 Å². The lowest BCUT2D eigenvalue weighted by Gasteiger charge is -2.20. The second-order valence-electron chi connectivity index (χ2n) is 6.96. The Morgan fingerprint density at radius 1 is 1.31 bits per heavy atom. The zero-order chi connectivity index (χ0) is 20.8. The quantitative estimate of drug-likeness (QED) is 0.625. The minimum absolute atomic E-state index is 0.187. The summed E-state index contributed by atoms with van der Waals surface area (Å²) in [4.78, 5) is 12.5. The van der Waals surface area contributed by atoms with Crippen LogP contribution >= 0.6 is 0 Å². The zero-order valence-corrected chi connectivity index (χ0v) is 17.1. The van der Waals surface area contributed by atoms with Gasteiger partial charge in [0, 0.05) is 30.3 Å². The van der Waals surface area contributed by atoms with Crippen molar-refractivity contribution in [1.82, 2.24) is 4.57 Å². The molecule has 150 valence electrons. The Balaban J connectivity index is 1.91. The van der Waals surface area contributed by atoms with E-state index in [4.69, 9.17) is 9.47 Å². The van der Waals surface area contributed by atoms with Gasteiger partial charge >= 0.3 is 5.97 Å². The van der Waals surface area contributed by atoms with Gasteiger partial charge in [-0.25, -0.2) is 4.79 Å². The van der Waals surface area contributed by atoms with Crippen molar-refractivity contribution in [1.29, 1.82) is 5.26 Å². The molecule has 1 aromatic carbocycles. The minimum atomic E-state index is -0.416. The number of aryl methyl sites for hydroxylation is 1. The van der Waals surface area contributed by atoms with Crippen LogP contribution in [-0.4, -0.2) is 23.8 Å². The molecule has 0 bridgehead atoms. The van der Waals surface area contributed by atoms with E-state index in [0.717, 1.165) is 29.7 Å². The first kappa shape index (κ1) is 20.5. The summed E-state index contributed by atoms with van der Waals surface area (Å²) < 4.78 is 12.8. The molecule has 5 nitrogen and oxygen atoms in total. The van der Waals surface area contributed by atoms with E-state index in [0.29, 0.717) is 23.4 Å². The predicted molar refractivity (Wildman–Crippen MR) is 113 cm³/mol. The Bertz CT molecular complexity index is 992. The average Bonchev–Trinajstić information content (AvgIpc) is 3.09. The molecule has 1 aliphatic carbocycles. The van der Waals surface area contributed by atoms with Gasteiger partial charge in [-0.1, -0.05) is 43.4 Å². The number of para-hydroxylation sites is 1. The molecule has 3 rings (SSSR count). The fourth-order valence-corrected chi connectivity index (χ4v) is 3.62. The van der Waals surface area contributed by atoms with E-state index < -0.39 is 5.97 Å². The van der Waals surface area contributed by atoms with Crippen LogP contribution in [0.1, 0.15) is 59.8 Å². The third kappa shape index (κ3) is 4.27. The summed E-state index contributed by atoms with van der Waals surface area (Å²) in [6.07, 6.45) is 9.59. The maximum Gasteiger partial charge on any atom is 0.355 e. The Hall–Kier alpha value is -3.26. The topological polar surface area (TPSA) is 64.2 Å². The number of nitriles is 1. The molecule has 1 atom stereocenters. The molecule has 0 saturated carbocycles. The first-order valence-electron chi connectivity index (χ1n) is 9.97. The number of hydrogen-bond acceptors (Lipinski definition) is 4. The molecule has 29 heavy (non-hydrogen) atoms. The smallest absolute Gasteiger partial charge is 0.355 e. The van der Waals surface area contributed by atoms with E-state index in [9.17, 15) is 10.1 Å². The van der Waals surface area contributed by atoms with Crippen LogP contribution in [0.15, 0.2) is 48.7 Å². The lowest BCUT2D eigenvalue weighted by molar-refractivity contribution is 0.0515. The molecule has 0 radical (unpaired) electrons. The largest absolute Gasteiger partial charge is 0.493 e. The number of allylic oxidation sites excluding steroid dienone is 4. The number of nitrogens with zero attached hydrogens (tertiary/aromatic N) is 2. The number of carbonyl (C=O) groups is 1. The van der Waals surface area contributed by atoms with Gasteiger partial charge in [-0.15, -0.1) is 0 Å². The van der Waals surface area contributed by atoms with Crippen LogP contribution in [0.25, 0.3) is 5.57 Å². The highest BCUT2D eigenvalue weighted by atomic mass is 16.5. The number of carbonyl (C=O) groups excluding carboxylic acids is 1.